The van der Waals surface area contributed by atoms with E-state index in [1.807, 2.05) is 0 Å². The summed E-state index contributed by atoms with van der Waals surface area (Å²) in [6.07, 6.45) is 1.35. The van der Waals surface area contributed by atoms with Gasteiger partial charge in [0.2, 0.25) is 0 Å². The van der Waals surface area contributed by atoms with Gasteiger partial charge in [-0.05, 0) is 47.2 Å². The molecule has 1 fully saturated rings. The maximum atomic E-state index is 3.63. The summed E-state index contributed by atoms with van der Waals surface area (Å²) in [5, 5.41) is 8.06. The van der Waals surface area contributed by atoms with Gasteiger partial charge in [-0.1, -0.05) is 13.8 Å². The summed E-state index contributed by atoms with van der Waals surface area (Å²) < 4.78 is 0. The van der Waals surface area contributed by atoms with Crippen LogP contribution < -0.4 is 5.32 Å². The molecule has 1 aromatic heterocycles. The van der Waals surface area contributed by atoms with Gasteiger partial charge in [-0.25, -0.2) is 0 Å². The van der Waals surface area contributed by atoms with Crippen LogP contribution in [0.4, 0.5) is 0 Å². The third-order valence-electron chi connectivity index (χ3n) is 2.93. The highest BCUT2D eigenvalue weighted by atomic mass is 32.1. The number of piperidine rings is 1. The van der Waals surface area contributed by atoms with Gasteiger partial charge in [-0.3, -0.25) is 0 Å². The largest absolute Gasteiger partial charge is 0.309 e. The van der Waals surface area contributed by atoms with Gasteiger partial charge in [0.25, 0.3) is 0 Å². The van der Waals surface area contributed by atoms with E-state index in [1.54, 1.807) is 11.3 Å². The van der Waals surface area contributed by atoms with Crippen LogP contribution in [0.2, 0.25) is 0 Å². The van der Waals surface area contributed by atoms with Crippen LogP contribution in [0, 0.1) is 11.8 Å². The number of thiophene rings is 1. The highest BCUT2D eigenvalue weighted by molar-refractivity contribution is 7.07. The maximum Gasteiger partial charge on any atom is 0.0354 e. The molecule has 2 rings (SSSR count). The lowest BCUT2D eigenvalue weighted by atomic mass is 9.84. The minimum atomic E-state index is 0.599. The summed E-state index contributed by atoms with van der Waals surface area (Å²) in [4.78, 5) is 0. The van der Waals surface area contributed by atoms with Crippen LogP contribution in [0.15, 0.2) is 16.8 Å². The molecule has 0 aliphatic carbocycles. The van der Waals surface area contributed by atoms with Crippen molar-refractivity contribution in [1.29, 1.82) is 0 Å². The first kappa shape index (κ1) is 9.22. The molecule has 2 heterocycles. The van der Waals surface area contributed by atoms with Crippen LogP contribution >= 0.6 is 11.3 Å². The molecule has 1 aliphatic rings. The Kier molecular flexibility index (Phi) is 2.70. The van der Waals surface area contributed by atoms with Crippen LogP contribution in [0.3, 0.4) is 0 Å². The molecule has 1 N–H and O–H groups in total. The van der Waals surface area contributed by atoms with E-state index in [4.69, 9.17) is 0 Å². The predicted molar refractivity (Wildman–Crippen MR) is 58.0 cm³/mol. The van der Waals surface area contributed by atoms with Crippen molar-refractivity contribution in [2.75, 3.05) is 6.54 Å². The lowest BCUT2D eigenvalue weighted by molar-refractivity contribution is 0.247. The van der Waals surface area contributed by atoms with E-state index in [-0.39, 0.29) is 0 Å². The van der Waals surface area contributed by atoms with Crippen LogP contribution in [0.5, 0.6) is 0 Å². The molecule has 13 heavy (non-hydrogen) atoms. The van der Waals surface area contributed by atoms with E-state index in [1.165, 1.54) is 18.5 Å². The molecule has 72 valence electrons. The predicted octanol–water partition coefficient (Wildman–Crippen LogP) is 3.05. The minimum Gasteiger partial charge on any atom is -0.309 e. The van der Waals surface area contributed by atoms with Gasteiger partial charge in [0.05, 0.1) is 0 Å². The fourth-order valence-corrected chi connectivity index (χ4v) is 2.98. The Morgan fingerprint density at radius 2 is 2.31 bits per heavy atom. The second kappa shape index (κ2) is 3.81. The summed E-state index contributed by atoms with van der Waals surface area (Å²) >= 11 is 1.80. The zero-order valence-corrected chi connectivity index (χ0v) is 9.10. The van der Waals surface area contributed by atoms with Crippen LogP contribution in [-0.4, -0.2) is 6.54 Å². The molecule has 0 saturated carbocycles. The summed E-state index contributed by atoms with van der Waals surface area (Å²) in [5.74, 6) is 1.61. The summed E-state index contributed by atoms with van der Waals surface area (Å²) in [6, 6.07) is 2.84. The molecule has 0 amide bonds. The van der Waals surface area contributed by atoms with Gasteiger partial charge in [0.15, 0.2) is 0 Å². The van der Waals surface area contributed by atoms with E-state index in [9.17, 15) is 0 Å². The van der Waals surface area contributed by atoms with Gasteiger partial charge in [0.1, 0.15) is 0 Å². The molecule has 1 aromatic rings. The normalized spacial score (nSPS) is 34.8. The number of hydrogen-bond acceptors (Lipinski definition) is 2. The van der Waals surface area contributed by atoms with E-state index < -0.39 is 0 Å². The van der Waals surface area contributed by atoms with Crippen molar-refractivity contribution in [3.63, 3.8) is 0 Å². The Hall–Kier alpha value is -0.340. The molecule has 0 aromatic carbocycles. The molecule has 1 saturated heterocycles. The second-order valence-electron chi connectivity index (χ2n) is 4.26. The standard InChI is InChI=1S/C11H17NS/c1-8-5-9(2)11(12-6-8)10-3-4-13-7-10/h3-4,7-9,11-12H,5-6H2,1-2H3. The monoisotopic (exact) mass is 195 g/mol. The fourth-order valence-electron chi connectivity index (χ4n) is 2.28. The quantitative estimate of drug-likeness (QED) is 0.726. The zero-order valence-electron chi connectivity index (χ0n) is 8.29. The first-order chi connectivity index (χ1) is 6.27. The van der Waals surface area contributed by atoms with Gasteiger partial charge in [-0.15, -0.1) is 0 Å². The zero-order chi connectivity index (χ0) is 9.26. The van der Waals surface area contributed by atoms with Crippen LogP contribution in [0.25, 0.3) is 0 Å². The second-order valence-corrected chi connectivity index (χ2v) is 5.04. The Labute approximate surface area is 84.2 Å². The van der Waals surface area contributed by atoms with Crippen molar-refractivity contribution < 1.29 is 0 Å². The van der Waals surface area contributed by atoms with Crippen molar-refractivity contribution in [3.8, 4) is 0 Å². The third kappa shape index (κ3) is 1.94. The smallest absolute Gasteiger partial charge is 0.0354 e. The molecule has 0 bridgehead atoms. The molecule has 0 radical (unpaired) electrons. The van der Waals surface area contributed by atoms with Gasteiger partial charge in [-0.2, -0.15) is 11.3 Å². The van der Waals surface area contributed by atoms with Gasteiger partial charge < -0.3 is 5.32 Å². The third-order valence-corrected chi connectivity index (χ3v) is 3.63. The first-order valence-corrected chi connectivity index (χ1v) is 5.97. The Balaban J connectivity index is 2.08. The van der Waals surface area contributed by atoms with Crippen molar-refractivity contribution in [2.24, 2.45) is 11.8 Å². The average molecular weight is 195 g/mol. The molecule has 0 spiro atoms. The fraction of sp³-hybridized carbons (Fsp3) is 0.636. The highest BCUT2D eigenvalue weighted by Gasteiger charge is 2.25. The number of nitrogens with one attached hydrogen (secondary N) is 1. The molecule has 3 atom stereocenters. The topological polar surface area (TPSA) is 12.0 Å². The van der Waals surface area contributed by atoms with E-state index in [0.717, 1.165) is 11.8 Å². The lowest BCUT2D eigenvalue weighted by Gasteiger charge is -2.33. The van der Waals surface area contributed by atoms with Crippen LogP contribution in [0.1, 0.15) is 31.9 Å². The Morgan fingerprint density at radius 1 is 1.46 bits per heavy atom. The van der Waals surface area contributed by atoms with Crippen molar-refractivity contribution in [1.82, 2.24) is 5.32 Å². The molecule has 2 heteroatoms. The van der Waals surface area contributed by atoms with Crippen molar-refractivity contribution in [2.45, 2.75) is 26.3 Å². The molecular formula is C11H17NS. The first-order valence-electron chi connectivity index (χ1n) is 5.03. The molecule has 1 nitrogen and oxygen atoms in total. The van der Waals surface area contributed by atoms with E-state index in [2.05, 4.69) is 36.0 Å². The van der Waals surface area contributed by atoms with E-state index in [0.29, 0.717) is 6.04 Å². The summed E-state index contributed by atoms with van der Waals surface area (Å²) in [7, 11) is 0. The molecule has 3 unspecified atom stereocenters. The van der Waals surface area contributed by atoms with Gasteiger partial charge >= 0.3 is 0 Å². The van der Waals surface area contributed by atoms with Gasteiger partial charge in [0, 0.05) is 6.04 Å². The maximum absolute atomic E-state index is 3.63. The highest BCUT2D eigenvalue weighted by Crippen LogP contribution is 2.31. The molecular weight excluding hydrogens is 178 g/mol. The average Bonchev–Trinajstić information content (AvgIpc) is 2.56. The van der Waals surface area contributed by atoms with Crippen LogP contribution in [-0.2, 0) is 0 Å². The SMILES string of the molecule is CC1CNC(c2ccsc2)C(C)C1. The molecule has 1 aliphatic heterocycles. The van der Waals surface area contributed by atoms with E-state index >= 15 is 0 Å². The number of hydrogen-bond donors (Lipinski definition) is 1. The Morgan fingerprint density at radius 3 is 2.92 bits per heavy atom. The Bertz CT molecular complexity index is 255. The summed E-state index contributed by atoms with van der Waals surface area (Å²) in [6.45, 7) is 5.85. The minimum absolute atomic E-state index is 0.599. The van der Waals surface area contributed by atoms with Crippen molar-refractivity contribution >= 4 is 11.3 Å². The number of rotatable bonds is 1. The lowest BCUT2D eigenvalue weighted by Crippen LogP contribution is -2.37. The summed E-state index contributed by atoms with van der Waals surface area (Å²) in [5.41, 5.74) is 1.48. The van der Waals surface area contributed by atoms with Crippen molar-refractivity contribution in [3.05, 3.63) is 22.4 Å².